The van der Waals surface area contributed by atoms with Gasteiger partial charge in [0.1, 0.15) is 5.75 Å². The maximum Gasteiger partial charge on any atom is 0.416 e. The summed E-state index contributed by atoms with van der Waals surface area (Å²) in [5.41, 5.74) is -0.143. The van der Waals surface area contributed by atoms with Gasteiger partial charge < -0.3 is 9.64 Å². The summed E-state index contributed by atoms with van der Waals surface area (Å²) >= 11 is 0. The first-order chi connectivity index (χ1) is 15.5. The molecule has 33 heavy (non-hydrogen) atoms. The van der Waals surface area contributed by atoms with E-state index in [2.05, 4.69) is 0 Å². The highest BCUT2D eigenvalue weighted by molar-refractivity contribution is 7.89. The van der Waals surface area contributed by atoms with Crippen LogP contribution in [-0.4, -0.2) is 50.3 Å². The van der Waals surface area contributed by atoms with E-state index in [0.29, 0.717) is 30.8 Å². The lowest BCUT2D eigenvalue weighted by Crippen LogP contribution is -2.43. The molecule has 0 unspecified atom stereocenters. The van der Waals surface area contributed by atoms with E-state index < -0.39 is 21.8 Å². The van der Waals surface area contributed by atoms with Gasteiger partial charge in [-0.3, -0.25) is 4.79 Å². The number of piperidine rings is 1. The average Bonchev–Trinajstić information content (AvgIpc) is 2.79. The minimum atomic E-state index is -4.40. The molecular formula is C23H27F3N2O4S. The molecule has 6 nitrogen and oxygen atoms in total. The number of hydrogen-bond acceptors (Lipinski definition) is 4. The molecule has 0 bridgehead atoms. The molecule has 1 amide bonds. The number of benzene rings is 2. The minimum Gasteiger partial charge on any atom is -0.494 e. The Morgan fingerprint density at radius 2 is 1.64 bits per heavy atom. The average molecular weight is 485 g/mol. The number of hydrogen-bond donors (Lipinski definition) is 0. The third-order valence-electron chi connectivity index (χ3n) is 5.65. The monoisotopic (exact) mass is 484 g/mol. The van der Waals surface area contributed by atoms with Crippen molar-refractivity contribution < 1.29 is 31.1 Å². The number of ether oxygens (including phenoxy) is 1. The third-order valence-corrected chi connectivity index (χ3v) is 7.57. The lowest BCUT2D eigenvalue weighted by atomic mass is 9.96. The van der Waals surface area contributed by atoms with Gasteiger partial charge in [0.2, 0.25) is 15.9 Å². The van der Waals surface area contributed by atoms with Crippen LogP contribution in [0.4, 0.5) is 13.2 Å². The van der Waals surface area contributed by atoms with Crippen molar-refractivity contribution in [3.8, 4) is 5.75 Å². The molecule has 1 heterocycles. The van der Waals surface area contributed by atoms with Crippen molar-refractivity contribution >= 4 is 15.9 Å². The predicted octanol–water partition coefficient (Wildman–Crippen LogP) is 4.16. The first-order valence-electron chi connectivity index (χ1n) is 10.7. The Hall–Kier alpha value is -2.59. The standard InChI is InChI=1S/C23H27F3N2O4S/c1-3-32-20-8-10-21(11-9-20)33(30,31)28-14-12-18(13-15-28)22(29)27(2)16-17-4-6-19(7-5-17)23(24,25)26/h4-11,18H,3,12-16H2,1-2H3. The van der Waals surface area contributed by atoms with Crippen LogP contribution in [0.5, 0.6) is 5.75 Å². The van der Waals surface area contributed by atoms with Gasteiger partial charge in [-0.25, -0.2) is 8.42 Å². The van der Waals surface area contributed by atoms with Crippen LogP contribution in [0.1, 0.15) is 30.9 Å². The van der Waals surface area contributed by atoms with Crippen molar-refractivity contribution in [3.63, 3.8) is 0 Å². The summed E-state index contributed by atoms with van der Waals surface area (Å²) in [6.07, 6.45) is -3.64. The second-order valence-corrected chi connectivity index (χ2v) is 9.91. The van der Waals surface area contributed by atoms with Gasteiger partial charge in [0.25, 0.3) is 0 Å². The highest BCUT2D eigenvalue weighted by atomic mass is 32.2. The molecule has 0 aliphatic carbocycles. The van der Waals surface area contributed by atoms with Gasteiger partial charge in [0.05, 0.1) is 17.1 Å². The Balaban J connectivity index is 1.56. The number of carbonyl (C=O) groups excluding carboxylic acids is 1. The van der Waals surface area contributed by atoms with Gasteiger partial charge in [0.15, 0.2) is 0 Å². The van der Waals surface area contributed by atoms with E-state index in [9.17, 15) is 26.4 Å². The zero-order valence-electron chi connectivity index (χ0n) is 18.5. The molecule has 0 radical (unpaired) electrons. The Labute approximate surface area is 192 Å². The normalized spacial score (nSPS) is 15.9. The Morgan fingerprint density at radius 1 is 1.06 bits per heavy atom. The van der Waals surface area contributed by atoms with Crippen LogP contribution in [-0.2, 0) is 27.5 Å². The first kappa shape index (κ1) is 25.0. The lowest BCUT2D eigenvalue weighted by molar-refractivity contribution is -0.138. The van der Waals surface area contributed by atoms with Gasteiger partial charge in [-0.1, -0.05) is 12.1 Å². The minimum absolute atomic E-state index is 0.145. The number of halogens is 3. The van der Waals surface area contributed by atoms with Crippen LogP contribution in [0.3, 0.4) is 0 Å². The highest BCUT2D eigenvalue weighted by Gasteiger charge is 2.33. The van der Waals surface area contributed by atoms with Crippen molar-refractivity contribution in [2.75, 3.05) is 26.7 Å². The van der Waals surface area contributed by atoms with E-state index in [1.54, 1.807) is 19.2 Å². The summed E-state index contributed by atoms with van der Waals surface area (Å²) in [7, 11) is -2.07. The Bertz CT molecular complexity index is 1050. The van der Waals surface area contributed by atoms with E-state index in [0.717, 1.165) is 12.1 Å². The van der Waals surface area contributed by atoms with Crippen LogP contribution >= 0.6 is 0 Å². The molecule has 2 aromatic carbocycles. The summed E-state index contributed by atoms with van der Waals surface area (Å²) in [5, 5.41) is 0. The summed E-state index contributed by atoms with van der Waals surface area (Å²) < 4.78 is 70.7. The molecule has 0 atom stereocenters. The van der Waals surface area contributed by atoms with Crippen molar-refractivity contribution in [1.29, 1.82) is 0 Å². The first-order valence-corrected chi connectivity index (χ1v) is 12.1. The van der Waals surface area contributed by atoms with E-state index in [-0.39, 0.29) is 36.4 Å². The van der Waals surface area contributed by atoms with Gasteiger partial charge in [-0.2, -0.15) is 17.5 Å². The highest BCUT2D eigenvalue weighted by Crippen LogP contribution is 2.30. The van der Waals surface area contributed by atoms with Crippen molar-refractivity contribution in [2.45, 2.75) is 37.4 Å². The molecule has 1 saturated heterocycles. The quantitative estimate of drug-likeness (QED) is 0.592. The number of sulfonamides is 1. The van der Waals surface area contributed by atoms with Gasteiger partial charge in [-0.15, -0.1) is 0 Å². The molecule has 0 saturated carbocycles. The Morgan fingerprint density at radius 3 is 2.15 bits per heavy atom. The fourth-order valence-electron chi connectivity index (χ4n) is 3.83. The SMILES string of the molecule is CCOc1ccc(S(=O)(=O)N2CCC(C(=O)N(C)Cc3ccc(C(F)(F)F)cc3)CC2)cc1. The number of nitrogens with zero attached hydrogens (tertiary/aromatic N) is 2. The van der Waals surface area contributed by atoms with E-state index in [1.165, 1.54) is 33.5 Å². The van der Waals surface area contributed by atoms with E-state index in [4.69, 9.17) is 4.74 Å². The van der Waals surface area contributed by atoms with Crippen LogP contribution in [0.15, 0.2) is 53.4 Å². The molecule has 1 aliphatic heterocycles. The van der Waals surface area contributed by atoms with Gasteiger partial charge in [-0.05, 0) is 61.7 Å². The second-order valence-electron chi connectivity index (χ2n) is 7.97. The molecule has 3 rings (SSSR count). The Kier molecular flexibility index (Phi) is 7.69. The maximum absolute atomic E-state index is 12.9. The largest absolute Gasteiger partial charge is 0.494 e. The maximum atomic E-state index is 12.9. The fraction of sp³-hybridized carbons (Fsp3) is 0.435. The van der Waals surface area contributed by atoms with E-state index in [1.807, 2.05) is 6.92 Å². The summed E-state index contributed by atoms with van der Waals surface area (Å²) in [4.78, 5) is 14.5. The summed E-state index contributed by atoms with van der Waals surface area (Å²) in [6.45, 7) is 2.96. The fourth-order valence-corrected chi connectivity index (χ4v) is 5.30. The molecule has 2 aromatic rings. The van der Waals surface area contributed by atoms with Crippen LogP contribution in [0, 0.1) is 5.92 Å². The van der Waals surface area contributed by atoms with Crippen molar-refractivity contribution in [3.05, 3.63) is 59.7 Å². The number of alkyl halides is 3. The molecule has 0 N–H and O–H groups in total. The molecular weight excluding hydrogens is 457 g/mol. The molecule has 0 spiro atoms. The van der Waals surface area contributed by atoms with Crippen LogP contribution < -0.4 is 4.74 Å². The molecule has 0 aromatic heterocycles. The van der Waals surface area contributed by atoms with Gasteiger partial charge in [0, 0.05) is 32.6 Å². The number of carbonyl (C=O) groups is 1. The molecule has 1 aliphatic rings. The summed E-state index contributed by atoms with van der Waals surface area (Å²) in [5.74, 6) is 0.112. The van der Waals surface area contributed by atoms with Crippen LogP contribution in [0.2, 0.25) is 0 Å². The zero-order chi connectivity index (χ0) is 24.2. The zero-order valence-corrected chi connectivity index (χ0v) is 19.3. The molecule has 10 heteroatoms. The third kappa shape index (κ3) is 6.05. The van der Waals surface area contributed by atoms with Crippen LogP contribution in [0.25, 0.3) is 0 Å². The number of amides is 1. The number of rotatable bonds is 7. The molecule has 180 valence electrons. The van der Waals surface area contributed by atoms with E-state index >= 15 is 0 Å². The van der Waals surface area contributed by atoms with Crippen molar-refractivity contribution in [2.24, 2.45) is 5.92 Å². The predicted molar refractivity (Wildman–Crippen MR) is 117 cm³/mol. The van der Waals surface area contributed by atoms with Crippen molar-refractivity contribution in [1.82, 2.24) is 9.21 Å². The van der Waals surface area contributed by atoms with Gasteiger partial charge >= 0.3 is 6.18 Å². The summed E-state index contributed by atoms with van der Waals surface area (Å²) in [6, 6.07) is 11.0. The second kappa shape index (κ2) is 10.1. The topological polar surface area (TPSA) is 66.9 Å². The lowest BCUT2D eigenvalue weighted by Gasteiger charge is -2.32. The molecule has 1 fully saturated rings. The smallest absolute Gasteiger partial charge is 0.416 e.